The maximum atomic E-state index is 11.9. The zero-order valence-corrected chi connectivity index (χ0v) is 12.4. The second-order valence-corrected chi connectivity index (χ2v) is 5.58. The highest BCUT2D eigenvalue weighted by Gasteiger charge is 2.26. The average Bonchev–Trinajstić information content (AvgIpc) is 2.36. The van der Waals surface area contributed by atoms with Crippen molar-refractivity contribution < 1.29 is 14.6 Å². The van der Waals surface area contributed by atoms with E-state index in [2.05, 4.69) is 15.9 Å². The molecule has 0 aliphatic carbocycles. The van der Waals surface area contributed by atoms with Crippen LogP contribution >= 0.6 is 15.9 Å². The molecule has 4 nitrogen and oxygen atoms in total. The number of aliphatic hydroxyl groups excluding tert-OH is 1. The van der Waals surface area contributed by atoms with Crippen LogP contribution in [-0.4, -0.2) is 41.7 Å². The second kappa shape index (κ2) is 6.20. The molecule has 0 bridgehead atoms. The van der Waals surface area contributed by atoms with Crippen LogP contribution in [0.1, 0.15) is 13.8 Å². The van der Waals surface area contributed by atoms with Crippen LogP contribution in [0, 0.1) is 0 Å². The molecule has 0 saturated heterocycles. The van der Waals surface area contributed by atoms with E-state index in [0.29, 0.717) is 5.75 Å². The third kappa shape index (κ3) is 3.99. The van der Waals surface area contributed by atoms with Crippen molar-refractivity contribution in [2.75, 3.05) is 20.3 Å². The highest BCUT2D eigenvalue weighted by atomic mass is 79.9. The molecule has 1 N–H and O–H groups in total. The van der Waals surface area contributed by atoms with Crippen molar-refractivity contribution in [3.05, 3.63) is 28.7 Å². The Bertz CT molecular complexity index is 403. The molecule has 0 aliphatic rings. The van der Waals surface area contributed by atoms with Crippen molar-refractivity contribution in [2.45, 2.75) is 19.4 Å². The molecule has 0 atom stereocenters. The molecule has 1 amide bonds. The molecule has 18 heavy (non-hydrogen) atoms. The molecule has 0 spiro atoms. The van der Waals surface area contributed by atoms with Crippen LogP contribution in [0.15, 0.2) is 28.7 Å². The van der Waals surface area contributed by atoms with Gasteiger partial charge >= 0.3 is 0 Å². The molecule has 1 rings (SSSR count). The Balaban J connectivity index is 2.53. The minimum absolute atomic E-state index is 0.0401. The Morgan fingerprint density at radius 3 is 2.44 bits per heavy atom. The molecule has 0 aliphatic heterocycles. The molecule has 100 valence electrons. The number of halogens is 1. The third-order valence-corrected chi connectivity index (χ3v) is 3.37. The van der Waals surface area contributed by atoms with Crippen LogP contribution in [0.3, 0.4) is 0 Å². The fraction of sp³-hybridized carbons (Fsp3) is 0.462. The van der Waals surface area contributed by atoms with Crippen molar-refractivity contribution in [3.8, 4) is 5.75 Å². The lowest BCUT2D eigenvalue weighted by molar-refractivity contribution is -0.138. The monoisotopic (exact) mass is 315 g/mol. The minimum atomic E-state index is -0.583. The highest BCUT2D eigenvalue weighted by Crippen LogP contribution is 2.17. The highest BCUT2D eigenvalue weighted by molar-refractivity contribution is 9.10. The Kier molecular flexibility index (Phi) is 5.16. The van der Waals surface area contributed by atoms with E-state index < -0.39 is 5.54 Å². The second-order valence-electron chi connectivity index (χ2n) is 4.67. The standard InChI is InChI=1S/C13H18BrNO3/c1-13(2,9-16)15(3)12(17)8-18-11-6-4-10(14)5-7-11/h4-7,16H,8-9H2,1-3H3. The number of carbonyl (C=O) groups excluding carboxylic acids is 1. The first-order valence-corrected chi connectivity index (χ1v) is 6.42. The van der Waals surface area contributed by atoms with Gasteiger partial charge in [0.15, 0.2) is 6.61 Å². The van der Waals surface area contributed by atoms with Crippen molar-refractivity contribution in [3.63, 3.8) is 0 Å². The topological polar surface area (TPSA) is 49.8 Å². The van der Waals surface area contributed by atoms with Crippen LogP contribution in [0.5, 0.6) is 5.75 Å². The summed E-state index contributed by atoms with van der Waals surface area (Å²) >= 11 is 3.33. The number of nitrogens with zero attached hydrogens (tertiary/aromatic N) is 1. The predicted molar refractivity (Wildman–Crippen MR) is 73.6 cm³/mol. The minimum Gasteiger partial charge on any atom is -0.484 e. The summed E-state index contributed by atoms with van der Waals surface area (Å²) < 4.78 is 6.35. The van der Waals surface area contributed by atoms with E-state index in [1.807, 2.05) is 12.1 Å². The Morgan fingerprint density at radius 2 is 1.94 bits per heavy atom. The van der Waals surface area contributed by atoms with Crippen LogP contribution in [0.4, 0.5) is 0 Å². The Morgan fingerprint density at radius 1 is 1.39 bits per heavy atom. The number of carbonyl (C=O) groups is 1. The maximum Gasteiger partial charge on any atom is 0.260 e. The number of ether oxygens (including phenoxy) is 1. The zero-order chi connectivity index (χ0) is 13.8. The van der Waals surface area contributed by atoms with E-state index in [1.165, 1.54) is 4.90 Å². The van der Waals surface area contributed by atoms with Crippen LogP contribution in [0.2, 0.25) is 0 Å². The van der Waals surface area contributed by atoms with E-state index in [9.17, 15) is 9.90 Å². The molecule has 0 radical (unpaired) electrons. The lowest BCUT2D eigenvalue weighted by Gasteiger charge is -2.33. The molecule has 5 heteroatoms. The van der Waals surface area contributed by atoms with Gasteiger partial charge in [-0.2, -0.15) is 0 Å². The molecule has 0 aromatic heterocycles. The molecular formula is C13H18BrNO3. The third-order valence-electron chi connectivity index (χ3n) is 2.84. The summed E-state index contributed by atoms with van der Waals surface area (Å²) in [5.41, 5.74) is -0.583. The van der Waals surface area contributed by atoms with Gasteiger partial charge in [0, 0.05) is 11.5 Å². The maximum absolute atomic E-state index is 11.9. The first-order chi connectivity index (χ1) is 8.36. The van der Waals surface area contributed by atoms with E-state index in [1.54, 1.807) is 33.0 Å². The van der Waals surface area contributed by atoms with Crippen molar-refractivity contribution in [1.82, 2.24) is 4.90 Å². The Hall–Kier alpha value is -1.07. The van der Waals surface area contributed by atoms with Gasteiger partial charge in [0.2, 0.25) is 0 Å². The van der Waals surface area contributed by atoms with Gasteiger partial charge in [-0.15, -0.1) is 0 Å². The van der Waals surface area contributed by atoms with E-state index >= 15 is 0 Å². The van der Waals surface area contributed by atoms with E-state index in [4.69, 9.17) is 4.74 Å². The first kappa shape index (κ1) is 15.0. The molecular weight excluding hydrogens is 298 g/mol. The first-order valence-electron chi connectivity index (χ1n) is 5.63. The predicted octanol–water partition coefficient (Wildman–Crippen LogP) is 2.06. The van der Waals surface area contributed by atoms with Crippen molar-refractivity contribution >= 4 is 21.8 Å². The zero-order valence-electron chi connectivity index (χ0n) is 10.8. The molecule has 0 unspecified atom stereocenters. The van der Waals surface area contributed by atoms with Gasteiger partial charge in [-0.1, -0.05) is 15.9 Å². The molecule has 1 aromatic carbocycles. The van der Waals surface area contributed by atoms with Gasteiger partial charge in [0.05, 0.1) is 12.1 Å². The number of amides is 1. The number of hydrogen-bond acceptors (Lipinski definition) is 3. The summed E-state index contributed by atoms with van der Waals surface area (Å²) in [6.07, 6.45) is 0. The van der Waals surface area contributed by atoms with Crippen molar-refractivity contribution in [2.24, 2.45) is 0 Å². The lowest BCUT2D eigenvalue weighted by Crippen LogP contribution is -2.49. The Labute approximate surface area is 116 Å². The van der Waals surface area contributed by atoms with Gasteiger partial charge < -0.3 is 14.7 Å². The van der Waals surface area contributed by atoms with Crippen molar-refractivity contribution in [1.29, 1.82) is 0 Å². The van der Waals surface area contributed by atoms with E-state index in [0.717, 1.165) is 4.47 Å². The number of likely N-dealkylation sites (N-methyl/N-ethyl adjacent to an activating group) is 1. The largest absolute Gasteiger partial charge is 0.484 e. The summed E-state index contributed by atoms with van der Waals surface area (Å²) in [4.78, 5) is 13.4. The van der Waals surface area contributed by atoms with Gasteiger partial charge in [-0.25, -0.2) is 0 Å². The van der Waals surface area contributed by atoms with E-state index in [-0.39, 0.29) is 19.1 Å². The number of benzene rings is 1. The number of rotatable bonds is 5. The molecule has 0 fully saturated rings. The quantitative estimate of drug-likeness (QED) is 0.904. The van der Waals surface area contributed by atoms with Gasteiger partial charge in [0.1, 0.15) is 5.75 Å². The van der Waals surface area contributed by atoms with Crippen LogP contribution in [-0.2, 0) is 4.79 Å². The van der Waals surface area contributed by atoms with Gasteiger partial charge in [-0.3, -0.25) is 4.79 Å². The summed E-state index contributed by atoms with van der Waals surface area (Å²) in [6, 6.07) is 7.27. The normalized spacial score (nSPS) is 11.2. The van der Waals surface area contributed by atoms with Gasteiger partial charge in [-0.05, 0) is 38.1 Å². The van der Waals surface area contributed by atoms with Gasteiger partial charge in [0.25, 0.3) is 5.91 Å². The summed E-state index contributed by atoms with van der Waals surface area (Å²) in [5, 5.41) is 9.19. The summed E-state index contributed by atoms with van der Waals surface area (Å²) in [6.45, 7) is 3.46. The fourth-order valence-electron chi connectivity index (χ4n) is 1.22. The van der Waals surface area contributed by atoms with Crippen LogP contribution in [0.25, 0.3) is 0 Å². The smallest absolute Gasteiger partial charge is 0.260 e. The average molecular weight is 316 g/mol. The number of aliphatic hydroxyl groups is 1. The summed E-state index contributed by atoms with van der Waals surface area (Å²) in [5.74, 6) is 0.471. The molecule has 1 aromatic rings. The molecule has 0 saturated carbocycles. The van der Waals surface area contributed by atoms with Crippen LogP contribution < -0.4 is 4.74 Å². The molecule has 0 heterocycles. The number of hydrogen-bond donors (Lipinski definition) is 1. The SMILES string of the molecule is CN(C(=O)COc1ccc(Br)cc1)C(C)(C)CO. The summed E-state index contributed by atoms with van der Waals surface area (Å²) in [7, 11) is 1.66. The lowest BCUT2D eigenvalue weighted by atomic mass is 10.1. The fourth-order valence-corrected chi connectivity index (χ4v) is 1.48.